The Balaban J connectivity index is 2.27. The van der Waals surface area contributed by atoms with E-state index in [2.05, 4.69) is 10.6 Å². The third-order valence-electron chi connectivity index (χ3n) is 2.82. The van der Waals surface area contributed by atoms with E-state index in [0.29, 0.717) is 6.61 Å². The van der Waals surface area contributed by atoms with E-state index in [4.69, 9.17) is 4.74 Å². The van der Waals surface area contributed by atoms with Gasteiger partial charge in [-0.15, -0.1) is 0 Å². The first kappa shape index (κ1) is 16.6. The third kappa shape index (κ3) is 7.23. The minimum atomic E-state index is -0.119. The maximum absolute atomic E-state index is 11.7. The van der Waals surface area contributed by atoms with E-state index in [9.17, 15) is 4.79 Å². The van der Waals surface area contributed by atoms with Crippen molar-refractivity contribution in [1.82, 2.24) is 10.2 Å². The quantitative estimate of drug-likeness (QED) is 0.661. The van der Waals surface area contributed by atoms with Gasteiger partial charge in [-0.2, -0.15) is 0 Å². The van der Waals surface area contributed by atoms with Gasteiger partial charge in [0.15, 0.2) is 0 Å². The second-order valence-corrected chi connectivity index (χ2v) is 4.95. The van der Waals surface area contributed by atoms with Crippen LogP contribution in [-0.4, -0.2) is 58.3 Å². The Kier molecular flexibility index (Phi) is 7.87. The molecule has 0 saturated heterocycles. The second kappa shape index (κ2) is 9.47. The summed E-state index contributed by atoms with van der Waals surface area (Å²) in [5, 5.41) is 5.93. The fourth-order valence-corrected chi connectivity index (χ4v) is 1.63. The van der Waals surface area contributed by atoms with Crippen LogP contribution in [0.3, 0.4) is 0 Å². The van der Waals surface area contributed by atoms with Gasteiger partial charge >= 0.3 is 0 Å². The van der Waals surface area contributed by atoms with Gasteiger partial charge in [-0.1, -0.05) is 12.1 Å². The highest BCUT2D eigenvalue weighted by Gasteiger charge is 2.02. The maximum atomic E-state index is 11.7. The van der Waals surface area contributed by atoms with Crippen molar-refractivity contribution in [3.63, 3.8) is 0 Å². The van der Waals surface area contributed by atoms with Gasteiger partial charge in [-0.3, -0.25) is 4.79 Å². The average molecular weight is 279 g/mol. The van der Waals surface area contributed by atoms with E-state index in [0.717, 1.165) is 25.2 Å². The summed E-state index contributed by atoms with van der Waals surface area (Å²) in [5.41, 5.74) is 2.05. The first-order valence-corrected chi connectivity index (χ1v) is 6.87. The molecule has 0 aromatic heterocycles. The van der Waals surface area contributed by atoms with Crippen LogP contribution in [0.4, 0.5) is 5.69 Å². The van der Waals surface area contributed by atoms with Crippen molar-refractivity contribution in [3.05, 3.63) is 29.8 Å². The molecule has 0 unspecified atom stereocenters. The first-order valence-electron chi connectivity index (χ1n) is 6.87. The van der Waals surface area contributed by atoms with Gasteiger partial charge in [0.05, 0.1) is 6.61 Å². The highest BCUT2D eigenvalue weighted by atomic mass is 16.5. The molecule has 112 valence electrons. The molecule has 5 nitrogen and oxygen atoms in total. The summed E-state index contributed by atoms with van der Waals surface area (Å²) in [5.74, 6) is -0.119. The van der Waals surface area contributed by atoms with Crippen LogP contribution >= 0.6 is 0 Å². The van der Waals surface area contributed by atoms with Gasteiger partial charge in [-0.25, -0.2) is 0 Å². The largest absolute Gasteiger partial charge is 0.370 e. The smallest absolute Gasteiger partial charge is 0.250 e. The van der Waals surface area contributed by atoms with E-state index in [1.54, 1.807) is 0 Å². The van der Waals surface area contributed by atoms with Crippen LogP contribution in [0.15, 0.2) is 24.3 Å². The van der Waals surface area contributed by atoms with Crippen molar-refractivity contribution in [2.24, 2.45) is 0 Å². The summed E-state index contributed by atoms with van der Waals surface area (Å²) in [6, 6.07) is 7.89. The Hall–Kier alpha value is -1.43. The molecule has 0 fully saturated rings. The topological polar surface area (TPSA) is 53.6 Å². The lowest BCUT2D eigenvalue weighted by Gasteiger charge is -2.10. The number of ether oxygens (including phenoxy) is 1. The predicted molar refractivity (Wildman–Crippen MR) is 82.1 cm³/mol. The average Bonchev–Trinajstić information content (AvgIpc) is 2.43. The number of anilines is 1. The Morgan fingerprint density at radius 3 is 2.55 bits per heavy atom. The molecule has 0 spiro atoms. The van der Waals surface area contributed by atoms with E-state index in [1.807, 2.05) is 50.3 Å². The molecule has 0 heterocycles. The van der Waals surface area contributed by atoms with Crippen molar-refractivity contribution in [1.29, 1.82) is 0 Å². The highest BCUT2D eigenvalue weighted by molar-refractivity contribution is 5.91. The fourth-order valence-electron chi connectivity index (χ4n) is 1.63. The predicted octanol–water partition coefficient (Wildman–Crippen LogP) is 0.965. The molecule has 5 heteroatoms. The minimum absolute atomic E-state index is 0.0926. The summed E-state index contributed by atoms with van der Waals surface area (Å²) >= 11 is 0. The van der Waals surface area contributed by atoms with Gasteiger partial charge < -0.3 is 20.3 Å². The Morgan fingerprint density at radius 1 is 1.25 bits per heavy atom. The molecule has 0 atom stereocenters. The lowest BCUT2D eigenvalue weighted by atomic mass is 10.1. The zero-order valence-electron chi connectivity index (χ0n) is 12.6. The summed E-state index contributed by atoms with van der Waals surface area (Å²) in [7, 11) is 5.88. The highest BCUT2D eigenvalue weighted by Crippen LogP contribution is 2.09. The van der Waals surface area contributed by atoms with Crippen LogP contribution in [0.2, 0.25) is 0 Å². The molecule has 0 aliphatic carbocycles. The molecule has 0 bridgehead atoms. The number of nitrogens with one attached hydrogen (secondary N) is 2. The number of likely N-dealkylation sites (N-methyl/N-ethyl adjacent to an activating group) is 2. The van der Waals surface area contributed by atoms with Crippen LogP contribution in [0.25, 0.3) is 0 Å². The molecule has 0 aliphatic rings. The maximum Gasteiger partial charge on any atom is 0.250 e. The summed E-state index contributed by atoms with van der Waals surface area (Å²) in [6.45, 7) is 2.41. The lowest BCUT2D eigenvalue weighted by Crippen LogP contribution is -2.23. The van der Waals surface area contributed by atoms with Crippen molar-refractivity contribution < 1.29 is 9.53 Å². The van der Waals surface area contributed by atoms with Gasteiger partial charge in [0.1, 0.15) is 6.61 Å². The van der Waals surface area contributed by atoms with Crippen molar-refractivity contribution >= 4 is 11.6 Å². The molecule has 1 aromatic rings. The number of amides is 1. The molecule has 2 N–H and O–H groups in total. The Morgan fingerprint density at radius 2 is 1.95 bits per heavy atom. The van der Waals surface area contributed by atoms with Crippen LogP contribution in [0.1, 0.15) is 5.56 Å². The van der Waals surface area contributed by atoms with E-state index < -0.39 is 0 Å². The number of nitrogens with zero attached hydrogens (tertiary/aromatic N) is 1. The summed E-state index contributed by atoms with van der Waals surface area (Å²) in [4.78, 5) is 13.7. The first-order chi connectivity index (χ1) is 9.61. The number of carbonyl (C=O) groups is 1. The van der Waals surface area contributed by atoms with E-state index in [-0.39, 0.29) is 12.5 Å². The second-order valence-electron chi connectivity index (χ2n) is 4.95. The third-order valence-corrected chi connectivity index (χ3v) is 2.82. The molecule has 20 heavy (non-hydrogen) atoms. The molecule has 0 saturated carbocycles. The van der Waals surface area contributed by atoms with E-state index >= 15 is 0 Å². The number of carbonyl (C=O) groups excluding carboxylic acids is 1. The molecule has 0 aliphatic heterocycles. The molecular weight excluding hydrogens is 254 g/mol. The van der Waals surface area contributed by atoms with Gasteiger partial charge in [0.25, 0.3) is 0 Å². The van der Waals surface area contributed by atoms with Crippen molar-refractivity contribution in [3.8, 4) is 0 Å². The SMILES string of the molecule is CNCCc1ccc(NC(=O)COCCN(C)C)cc1. The minimum Gasteiger partial charge on any atom is -0.370 e. The molecular formula is C15H25N3O2. The summed E-state index contributed by atoms with van der Waals surface area (Å²) < 4.78 is 5.29. The standard InChI is InChI=1S/C15H25N3O2/c1-16-9-8-13-4-6-14(7-5-13)17-15(19)12-20-11-10-18(2)3/h4-7,16H,8-12H2,1-3H3,(H,17,19). The van der Waals surface area contributed by atoms with Crippen molar-refractivity contribution in [2.45, 2.75) is 6.42 Å². The molecule has 0 radical (unpaired) electrons. The van der Waals surface area contributed by atoms with Gasteiger partial charge in [-0.05, 0) is 51.8 Å². The summed E-state index contributed by atoms with van der Waals surface area (Å²) in [6.07, 6.45) is 0.984. The van der Waals surface area contributed by atoms with Crippen LogP contribution in [0.5, 0.6) is 0 Å². The van der Waals surface area contributed by atoms with Crippen molar-refractivity contribution in [2.75, 3.05) is 52.8 Å². The monoisotopic (exact) mass is 279 g/mol. The molecule has 1 aromatic carbocycles. The Labute approximate surface area is 121 Å². The number of hydrogen-bond acceptors (Lipinski definition) is 4. The lowest BCUT2D eigenvalue weighted by molar-refractivity contribution is -0.120. The van der Waals surface area contributed by atoms with Crippen LogP contribution in [-0.2, 0) is 16.0 Å². The zero-order valence-corrected chi connectivity index (χ0v) is 12.6. The Bertz CT molecular complexity index is 391. The fraction of sp³-hybridized carbons (Fsp3) is 0.533. The van der Waals surface area contributed by atoms with E-state index in [1.165, 1.54) is 5.56 Å². The number of benzene rings is 1. The van der Waals surface area contributed by atoms with Crippen LogP contribution < -0.4 is 10.6 Å². The number of hydrogen-bond donors (Lipinski definition) is 2. The molecule has 1 amide bonds. The van der Waals surface area contributed by atoms with Crippen LogP contribution in [0, 0.1) is 0 Å². The number of rotatable bonds is 9. The molecule has 1 rings (SSSR count). The van der Waals surface area contributed by atoms with Gasteiger partial charge in [0.2, 0.25) is 5.91 Å². The normalized spacial score (nSPS) is 10.8. The van der Waals surface area contributed by atoms with Gasteiger partial charge in [0, 0.05) is 12.2 Å². The zero-order chi connectivity index (χ0) is 14.8.